The molecular formula is C11H15BrN4O2. The van der Waals surface area contributed by atoms with Crippen molar-refractivity contribution in [3.8, 4) is 0 Å². The van der Waals surface area contributed by atoms with Gasteiger partial charge in [0.15, 0.2) is 0 Å². The summed E-state index contributed by atoms with van der Waals surface area (Å²) in [6.07, 6.45) is 5.31. The van der Waals surface area contributed by atoms with Crippen LogP contribution in [0.15, 0.2) is 16.7 Å². The van der Waals surface area contributed by atoms with Crippen molar-refractivity contribution in [2.75, 3.05) is 5.32 Å². The van der Waals surface area contributed by atoms with Crippen LogP contribution >= 0.6 is 15.9 Å². The highest BCUT2D eigenvalue weighted by molar-refractivity contribution is 9.10. The van der Waals surface area contributed by atoms with Gasteiger partial charge in [0, 0.05) is 28.8 Å². The van der Waals surface area contributed by atoms with Crippen LogP contribution in [-0.4, -0.2) is 22.0 Å². The first-order chi connectivity index (χ1) is 8.56. The van der Waals surface area contributed by atoms with E-state index >= 15 is 0 Å². The zero-order chi connectivity index (χ0) is 13.1. The lowest BCUT2D eigenvalue weighted by Crippen LogP contribution is -2.33. The van der Waals surface area contributed by atoms with Crippen molar-refractivity contribution < 1.29 is 4.92 Å². The largest absolute Gasteiger partial charge is 0.362 e. The van der Waals surface area contributed by atoms with Gasteiger partial charge in [-0.3, -0.25) is 10.1 Å². The second-order valence-corrected chi connectivity index (χ2v) is 5.45. The molecule has 0 saturated heterocycles. The van der Waals surface area contributed by atoms with Gasteiger partial charge in [-0.2, -0.15) is 0 Å². The van der Waals surface area contributed by atoms with E-state index in [1.807, 2.05) is 0 Å². The third-order valence-electron chi connectivity index (χ3n) is 3.14. The van der Waals surface area contributed by atoms with Gasteiger partial charge in [-0.05, 0) is 41.6 Å². The van der Waals surface area contributed by atoms with Gasteiger partial charge < -0.3 is 11.1 Å². The second-order valence-electron chi connectivity index (χ2n) is 4.53. The molecule has 1 aromatic rings. The van der Waals surface area contributed by atoms with Gasteiger partial charge in [0.25, 0.3) is 0 Å². The molecule has 1 heterocycles. The maximum Gasteiger partial charge on any atom is 0.312 e. The number of nitrogens with one attached hydrogen (secondary N) is 1. The smallest absolute Gasteiger partial charge is 0.312 e. The molecule has 3 N–H and O–H groups in total. The summed E-state index contributed by atoms with van der Waals surface area (Å²) in [5, 5.41) is 14.1. The van der Waals surface area contributed by atoms with E-state index in [0.717, 1.165) is 25.7 Å². The Morgan fingerprint density at radius 1 is 1.44 bits per heavy atom. The van der Waals surface area contributed by atoms with Crippen LogP contribution in [-0.2, 0) is 0 Å². The van der Waals surface area contributed by atoms with Crippen molar-refractivity contribution in [1.82, 2.24) is 4.98 Å². The lowest BCUT2D eigenvalue weighted by molar-refractivity contribution is -0.384. The molecule has 0 unspecified atom stereocenters. The summed E-state index contributed by atoms with van der Waals surface area (Å²) in [5.41, 5.74) is 5.83. The average molecular weight is 315 g/mol. The van der Waals surface area contributed by atoms with Gasteiger partial charge in [-0.25, -0.2) is 4.98 Å². The molecule has 0 radical (unpaired) electrons. The van der Waals surface area contributed by atoms with Crippen molar-refractivity contribution in [3.63, 3.8) is 0 Å². The van der Waals surface area contributed by atoms with Crippen LogP contribution in [0.1, 0.15) is 25.7 Å². The normalized spacial score (nSPS) is 23.7. The summed E-state index contributed by atoms with van der Waals surface area (Å²) < 4.78 is 0.602. The van der Waals surface area contributed by atoms with E-state index in [-0.39, 0.29) is 17.8 Å². The summed E-state index contributed by atoms with van der Waals surface area (Å²) >= 11 is 3.19. The van der Waals surface area contributed by atoms with Crippen molar-refractivity contribution >= 4 is 27.4 Å². The number of nitro groups is 1. The van der Waals surface area contributed by atoms with Crippen LogP contribution in [0.25, 0.3) is 0 Å². The predicted molar refractivity (Wildman–Crippen MR) is 72.4 cm³/mol. The van der Waals surface area contributed by atoms with E-state index in [4.69, 9.17) is 5.73 Å². The van der Waals surface area contributed by atoms with E-state index < -0.39 is 4.92 Å². The zero-order valence-electron chi connectivity index (χ0n) is 9.80. The lowest BCUT2D eigenvalue weighted by Gasteiger charge is -2.27. The van der Waals surface area contributed by atoms with Crippen molar-refractivity contribution in [3.05, 3.63) is 26.9 Å². The fraction of sp³-hybridized carbons (Fsp3) is 0.545. The van der Waals surface area contributed by atoms with Gasteiger partial charge in [0.2, 0.25) is 5.82 Å². The Labute approximate surface area is 113 Å². The highest BCUT2D eigenvalue weighted by Gasteiger charge is 2.22. The fourth-order valence-corrected chi connectivity index (χ4v) is 2.46. The van der Waals surface area contributed by atoms with Crippen LogP contribution < -0.4 is 11.1 Å². The number of nitrogens with two attached hydrogens (primary N) is 1. The monoisotopic (exact) mass is 314 g/mol. The Kier molecular flexibility index (Phi) is 4.13. The Morgan fingerprint density at radius 2 is 2.11 bits per heavy atom. The molecule has 1 aliphatic carbocycles. The SMILES string of the molecule is NC1CCC(Nc2ncc(Br)cc2[N+](=O)[O-])CC1. The third-order valence-corrected chi connectivity index (χ3v) is 3.58. The molecule has 1 aromatic heterocycles. The van der Waals surface area contributed by atoms with Crippen LogP contribution in [0.2, 0.25) is 0 Å². The molecule has 6 nitrogen and oxygen atoms in total. The minimum absolute atomic E-state index is 0.000697. The minimum atomic E-state index is -0.422. The first-order valence-electron chi connectivity index (χ1n) is 5.88. The topological polar surface area (TPSA) is 94.1 Å². The van der Waals surface area contributed by atoms with E-state index in [1.54, 1.807) is 6.20 Å². The summed E-state index contributed by atoms with van der Waals surface area (Å²) in [4.78, 5) is 14.6. The maximum absolute atomic E-state index is 11.0. The fourth-order valence-electron chi connectivity index (χ4n) is 2.14. The molecule has 7 heteroatoms. The number of halogens is 1. The minimum Gasteiger partial charge on any atom is -0.362 e. The molecule has 2 rings (SSSR count). The highest BCUT2D eigenvalue weighted by atomic mass is 79.9. The highest BCUT2D eigenvalue weighted by Crippen LogP contribution is 2.28. The van der Waals surface area contributed by atoms with Crippen LogP contribution in [0.3, 0.4) is 0 Å². The second kappa shape index (κ2) is 5.62. The first kappa shape index (κ1) is 13.2. The van der Waals surface area contributed by atoms with Crippen LogP contribution in [0.5, 0.6) is 0 Å². The Bertz CT molecular complexity index is 447. The molecule has 18 heavy (non-hydrogen) atoms. The molecule has 0 atom stereocenters. The first-order valence-corrected chi connectivity index (χ1v) is 6.67. The summed E-state index contributed by atoms with van der Waals surface area (Å²) in [6, 6.07) is 1.94. The third kappa shape index (κ3) is 3.17. The number of hydrogen-bond acceptors (Lipinski definition) is 5. The number of rotatable bonds is 3. The van der Waals surface area contributed by atoms with Crippen LogP contribution in [0, 0.1) is 10.1 Å². The molecule has 1 fully saturated rings. The maximum atomic E-state index is 11.0. The number of pyridine rings is 1. The Hall–Kier alpha value is -1.21. The zero-order valence-corrected chi connectivity index (χ0v) is 11.4. The lowest BCUT2D eigenvalue weighted by atomic mass is 9.92. The van der Waals surface area contributed by atoms with Gasteiger partial charge in [-0.1, -0.05) is 0 Å². The molecule has 0 spiro atoms. The van der Waals surface area contributed by atoms with Gasteiger partial charge in [0.05, 0.1) is 4.92 Å². The molecule has 98 valence electrons. The van der Waals surface area contributed by atoms with Gasteiger partial charge in [-0.15, -0.1) is 0 Å². The molecule has 0 bridgehead atoms. The van der Waals surface area contributed by atoms with Gasteiger partial charge in [0.1, 0.15) is 0 Å². The molecule has 1 saturated carbocycles. The van der Waals surface area contributed by atoms with E-state index in [1.165, 1.54) is 6.07 Å². The number of aromatic nitrogens is 1. The van der Waals surface area contributed by atoms with Crippen LogP contribution in [0.4, 0.5) is 11.5 Å². The summed E-state index contributed by atoms with van der Waals surface area (Å²) in [5.74, 6) is 0.337. The van der Waals surface area contributed by atoms with Gasteiger partial charge >= 0.3 is 5.69 Å². The Balaban J connectivity index is 2.11. The van der Waals surface area contributed by atoms with Crippen molar-refractivity contribution in [1.29, 1.82) is 0 Å². The average Bonchev–Trinajstić information content (AvgIpc) is 2.34. The number of anilines is 1. The summed E-state index contributed by atoms with van der Waals surface area (Å²) in [6.45, 7) is 0. The molecule has 0 amide bonds. The van der Waals surface area contributed by atoms with E-state index in [2.05, 4.69) is 26.2 Å². The van der Waals surface area contributed by atoms with E-state index in [9.17, 15) is 10.1 Å². The standard InChI is InChI=1S/C11H15BrN4O2/c12-7-5-10(16(17)18)11(14-6-7)15-9-3-1-8(13)2-4-9/h5-6,8-9H,1-4,13H2,(H,14,15). The Morgan fingerprint density at radius 3 is 2.72 bits per heavy atom. The van der Waals surface area contributed by atoms with E-state index in [0.29, 0.717) is 10.3 Å². The predicted octanol–water partition coefficient (Wildman–Crippen LogP) is 2.43. The molecular weight excluding hydrogens is 300 g/mol. The number of hydrogen-bond donors (Lipinski definition) is 2. The van der Waals surface area contributed by atoms with Crippen molar-refractivity contribution in [2.45, 2.75) is 37.8 Å². The quantitative estimate of drug-likeness (QED) is 0.660. The van der Waals surface area contributed by atoms with Crippen molar-refractivity contribution in [2.24, 2.45) is 5.73 Å². The molecule has 0 aromatic carbocycles. The molecule has 1 aliphatic rings. The number of nitrogens with zero attached hydrogens (tertiary/aromatic N) is 2. The molecule has 0 aliphatic heterocycles. The summed E-state index contributed by atoms with van der Waals surface area (Å²) in [7, 11) is 0.